The number of aryl methyl sites for hydroxylation is 2. The monoisotopic (exact) mass is 355 g/mol. The SMILES string of the molecule is Cc1ccccc1Cn1cnc(NC(=O)Cn2nc([N+](=O)[O-])cc2C)n1. The molecule has 0 fully saturated rings. The van der Waals surface area contributed by atoms with Crippen LogP contribution in [0.3, 0.4) is 0 Å². The highest BCUT2D eigenvalue weighted by Crippen LogP contribution is 2.11. The molecule has 2 heterocycles. The highest BCUT2D eigenvalue weighted by atomic mass is 16.6. The van der Waals surface area contributed by atoms with Gasteiger partial charge in [0.15, 0.2) is 0 Å². The Balaban J connectivity index is 1.63. The van der Waals surface area contributed by atoms with Crippen molar-refractivity contribution in [1.82, 2.24) is 24.5 Å². The van der Waals surface area contributed by atoms with Gasteiger partial charge >= 0.3 is 5.82 Å². The van der Waals surface area contributed by atoms with Gasteiger partial charge in [0, 0.05) is 0 Å². The van der Waals surface area contributed by atoms with E-state index in [1.54, 1.807) is 11.6 Å². The van der Waals surface area contributed by atoms with Gasteiger partial charge in [0.1, 0.15) is 12.9 Å². The molecule has 0 bridgehead atoms. The van der Waals surface area contributed by atoms with E-state index in [0.29, 0.717) is 12.2 Å². The van der Waals surface area contributed by atoms with E-state index in [1.165, 1.54) is 17.1 Å². The Morgan fingerprint density at radius 3 is 2.73 bits per heavy atom. The first-order valence-electron chi connectivity index (χ1n) is 7.85. The van der Waals surface area contributed by atoms with Crippen LogP contribution in [0.2, 0.25) is 0 Å². The molecule has 0 aliphatic carbocycles. The molecule has 0 atom stereocenters. The van der Waals surface area contributed by atoms with Gasteiger partial charge in [-0.25, -0.2) is 9.67 Å². The summed E-state index contributed by atoms with van der Waals surface area (Å²) in [5.41, 5.74) is 2.77. The van der Waals surface area contributed by atoms with Crippen molar-refractivity contribution in [2.45, 2.75) is 26.9 Å². The summed E-state index contributed by atoms with van der Waals surface area (Å²) in [6, 6.07) is 9.24. The number of hydrogen-bond donors (Lipinski definition) is 1. The van der Waals surface area contributed by atoms with E-state index in [4.69, 9.17) is 0 Å². The minimum absolute atomic E-state index is 0.161. The predicted octanol–water partition coefficient (Wildman–Crippen LogP) is 1.69. The summed E-state index contributed by atoms with van der Waals surface area (Å²) < 4.78 is 2.89. The van der Waals surface area contributed by atoms with E-state index in [2.05, 4.69) is 20.5 Å². The summed E-state index contributed by atoms with van der Waals surface area (Å²) in [5, 5.41) is 21.3. The fourth-order valence-corrected chi connectivity index (χ4v) is 2.43. The molecule has 0 spiro atoms. The molecule has 2 aromatic heterocycles. The fourth-order valence-electron chi connectivity index (χ4n) is 2.43. The summed E-state index contributed by atoms with van der Waals surface area (Å²) in [5.74, 6) is -0.543. The molecule has 26 heavy (non-hydrogen) atoms. The van der Waals surface area contributed by atoms with E-state index in [-0.39, 0.29) is 18.3 Å². The fraction of sp³-hybridized carbons (Fsp3) is 0.250. The number of carbonyl (C=O) groups is 1. The minimum Gasteiger partial charge on any atom is -0.358 e. The Morgan fingerprint density at radius 2 is 2.04 bits per heavy atom. The Kier molecular flexibility index (Phi) is 4.74. The first-order chi connectivity index (χ1) is 12.4. The van der Waals surface area contributed by atoms with E-state index >= 15 is 0 Å². The quantitative estimate of drug-likeness (QED) is 0.530. The molecule has 134 valence electrons. The Bertz CT molecular complexity index is 960. The maximum absolute atomic E-state index is 12.1. The standard InChI is InChI=1S/C16H17N7O3/c1-11-5-3-4-6-13(11)8-21-10-17-16(20-21)18-15(24)9-22-12(2)7-14(19-22)23(25)26/h3-7,10H,8-9H2,1-2H3,(H,18,20,24). The molecule has 1 aromatic carbocycles. The van der Waals surface area contributed by atoms with Crippen LogP contribution >= 0.6 is 0 Å². The molecule has 0 aliphatic heterocycles. The topological polar surface area (TPSA) is 121 Å². The number of benzene rings is 1. The summed E-state index contributed by atoms with van der Waals surface area (Å²) >= 11 is 0. The molecular weight excluding hydrogens is 338 g/mol. The number of anilines is 1. The molecule has 0 aliphatic rings. The second kappa shape index (κ2) is 7.13. The number of rotatable bonds is 6. The van der Waals surface area contributed by atoms with Crippen molar-refractivity contribution in [3.05, 3.63) is 63.6 Å². The van der Waals surface area contributed by atoms with Crippen molar-refractivity contribution in [2.24, 2.45) is 0 Å². The molecule has 0 saturated carbocycles. The van der Waals surface area contributed by atoms with Crippen LogP contribution in [0.5, 0.6) is 0 Å². The lowest BCUT2D eigenvalue weighted by Crippen LogP contribution is -2.21. The highest BCUT2D eigenvalue weighted by molar-refractivity contribution is 5.88. The Morgan fingerprint density at radius 1 is 1.27 bits per heavy atom. The summed E-state index contributed by atoms with van der Waals surface area (Å²) in [6.45, 7) is 4.04. The van der Waals surface area contributed by atoms with Gasteiger partial charge < -0.3 is 10.1 Å². The Hall–Kier alpha value is -3.56. The number of hydrogen-bond acceptors (Lipinski definition) is 6. The smallest absolute Gasteiger partial charge is 0.358 e. The van der Waals surface area contributed by atoms with Crippen LogP contribution in [0, 0.1) is 24.0 Å². The molecule has 3 aromatic rings. The second-order valence-electron chi connectivity index (χ2n) is 5.80. The first-order valence-corrected chi connectivity index (χ1v) is 7.85. The van der Waals surface area contributed by atoms with Crippen LogP contribution in [-0.4, -0.2) is 35.4 Å². The lowest BCUT2D eigenvalue weighted by Gasteiger charge is -2.04. The largest absolute Gasteiger partial charge is 0.390 e. The van der Waals surface area contributed by atoms with Crippen molar-refractivity contribution >= 4 is 17.7 Å². The number of aromatic nitrogens is 5. The van der Waals surface area contributed by atoms with Gasteiger partial charge in [-0.1, -0.05) is 24.3 Å². The predicted molar refractivity (Wildman–Crippen MR) is 92.6 cm³/mol. The molecule has 0 unspecified atom stereocenters. The summed E-state index contributed by atoms with van der Waals surface area (Å²) in [4.78, 5) is 26.3. The third-order valence-corrected chi connectivity index (χ3v) is 3.83. The molecule has 10 nitrogen and oxygen atoms in total. The van der Waals surface area contributed by atoms with Crippen molar-refractivity contribution in [3.63, 3.8) is 0 Å². The summed E-state index contributed by atoms with van der Waals surface area (Å²) in [7, 11) is 0. The van der Waals surface area contributed by atoms with Crippen LogP contribution in [0.1, 0.15) is 16.8 Å². The normalized spacial score (nSPS) is 10.7. The zero-order valence-electron chi connectivity index (χ0n) is 14.3. The van der Waals surface area contributed by atoms with Gasteiger partial charge in [-0.3, -0.25) is 10.1 Å². The zero-order chi connectivity index (χ0) is 18.7. The van der Waals surface area contributed by atoms with Gasteiger partial charge in [0.2, 0.25) is 5.95 Å². The van der Waals surface area contributed by atoms with Crippen LogP contribution < -0.4 is 5.32 Å². The van der Waals surface area contributed by atoms with E-state index in [9.17, 15) is 14.9 Å². The molecule has 0 radical (unpaired) electrons. The number of nitro groups is 1. The molecular formula is C16H17N7O3. The van der Waals surface area contributed by atoms with Gasteiger partial charge in [-0.15, -0.1) is 5.10 Å². The molecule has 1 N–H and O–H groups in total. The molecule has 10 heteroatoms. The maximum Gasteiger partial charge on any atom is 0.390 e. The van der Waals surface area contributed by atoms with Crippen molar-refractivity contribution < 1.29 is 9.72 Å². The molecule has 0 saturated heterocycles. The first kappa shape index (κ1) is 17.3. The van der Waals surface area contributed by atoms with E-state index in [0.717, 1.165) is 11.1 Å². The third kappa shape index (κ3) is 3.91. The molecule has 3 rings (SSSR count). The number of amides is 1. The highest BCUT2D eigenvalue weighted by Gasteiger charge is 2.18. The van der Waals surface area contributed by atoms with Gasteiger partial charge in [-0.2, -0.15) is 4.68 Å². The average Bonchev–Trinajstić information content (AvgIpc) is 3.17. The van der Waals surface area contributed by atoms with Crippen LogP contribution in [0.4, 0.5) is 11.8 Å². The van der Waals surface area contributed by atoms with E-state index < -0.39 is 10.8 Å². The number of nitrogens with one attached hydrogen (secondary N) is 1. The zero-order valence-corrected chi connectivity index (χ0v) is 14.3. The lowest BCUT2D eigenvalue weighted by molar-refractivity contribution is -0.389. The Labute approximate surface area is 148 Å². The average molecular weight is 355 g/mol. The maximum atomic E-state index is 12.1. The number of nitrogens with zero attached hydrogens (tertiary/aromatic N) is 6. The van der Waals surface area contributed by atoms with Crippen LogP contribution in [-0.2, 0) is 17.9 Å². The van der Waals surface area contributed by atoms with Gasteiger partial charge in [0.25, 0.3) is 5.91 Å². The van der Waals surface area contributed by atoms with Crippen LogP contribution in [0.25, 0.3) is 0 Å². The van der Waals surface area contributed by atoms with Crippen molar-refractivity contribution in [2.75, 3.05) is 5.32 Å². The second-order valence-corrected chi connectivity index (χ2v) is 5.80. The molecule has 1 amide bonds. The van der Waals surface area contributed by atoms with E-state index in [1.807, 2.05) is 31.2 Å². The van der Waals surface area contributed by atoms with Gasteiger partial charge in [-0.05, 0) is 29.9 Å². The minimum atomic E-state index is -0.601. The van der Waals surface area contributed by atoms with Crippen LogP contribution in [0.15, 0.2) is 36.7 Å². The third-order valence-electron chi connectivity index (χ3n) is 3.83. The van der Waals surface area contributed by atoms with Gasteiger partial charge in [0.05, 0.1) is 23.4 Å². The van der Waals surface area contributed by atoms with Crippen molar-refractivity contribution in [3.8, 4) is 0 Å². The number of carbonyl (C=O) groups excluding carboxylic acids is 1. The summed E-state index contributed by atoms with van der Waals surface area (Å²) in [6.07, 6.45) is 1.53. The van der Waals surface area contributed by atoms with Crippen molar-refractivity contribution in [1.29, 1.82) is 0 Å². The lowest BCUT2D eigenvalue weighted by atomic mass is 10.1.